The van der Waals surface area contributed by atoms with Crippen LogP contribution >= 0.6 is 0 Å². The van der Waals surface area contributed by atoms with Gasteiger partial charge in [-0.3, -0.25) is 4.79 Å². The number of hydrogen-bond donors (Lipinski definition) is 2. The van der Waals surface area contributed by atoms with E-state index in [0.717, 1.165) is 44.5 Å². The molecule has 0 unspecified atom stereocenters. The summed E-state index contributed by atoms with van der Waals surface area (Å²) in [5.74, 6) is -1.63. The van der Waals surface area contributed by atoms with Crippen LogP contribution in [0.5, 0.6) is 0 Å². The van der Waals surface area contributed by atoms with Crippen LogP contribution in [0.2, 0.25) is 0 Å². The van der Waals surface area contributed by atoms with E-state index < -0.39 is 21.7 Å². The maximum Gasteiger partial charge on any atom is 0.240 e. The number of piperidine rings is 3. The van der Waals surface area contributed by atoms with Crippen molar-refractivity contribution < 1.29 is 22.0 Å². The van der Waals surface area contributed by atoms with Crippen molar-refractivity contribution in [1.29, 1.82) is 0 Å². The molecule has 3 aliphatic rings. The molecule has 0 saturated carbocycles. The summed E-state index contributed by atoms with van der Waals surface area (Å²) >= 11 is 0. The van der Waals surface area contributed by atoms with Gasteiger partial charge in [0.05, 0.1) is 4.90 Å². The van der Waals surface area contributed by atoms with Gasteiger partial charge >= 0.3 is 0 Å². The second-order valence-corrected chi connectivity index (χ2v) is 9.44. The van der Waals surface area contributed by atoms with Crippen LogP contribution in [-0.4, -0.2) is 50.9 Å². The number of carbonyl (C=O) groups is 1. The number of carbonyl (C=O) groups excluding carboxylic acids is 1. The molecule has 27 heavy (non-hydrogen) atoms. The Hall–Kier alpha value is -1.58. The molecule has 3 aliphatic heterocycles. The average molecular weight is 399 g/mol. The first-order valence-electron chi connectivity index (χ1n) is 9.33. The van der Waals surface area contributed by atoms with Gasteiger partial charge in [0.2, 0.25) is 15.9 Å². The second kappa shape index (κ2) is 7.10. The van der Waals surface area contributed by atoms with Gasteiger partial charge in [0.25, 0.3) is 0 Å². The highest BCUT2D eigenvalue weighted by atomic mass is 32.2. The Balaban J connectivity index is 1.54. The first-order chi connectivity index (χ1) is 12.9. The smallest absolute Gasteiger partial charge is 0.240 e. The van der Waals surface area contributed by atoms with Gasteiger partial charge in [-0.1, -0.05) is 0 Å². The fraction of sp³-hybridized carbons (Fsp3) is 0.611. The van der Waals surface area contributed by atoms with E-state index in [1.807, 2.05) is 4.90 Å². The molecule has 0 aromatic heterocycles. The van der Waals surface area contributed by atoms with E-state index in [9.17, 15) is 22.0 Å². The largest absolute Gasteiger partial charge is 0.335 e. The first kappa shape index (κ1) is 18.8. The normalized spacial score (nSPS) is 30.9. The zero-order valence-corrected chi connectivity index (χ0v) is 15.6. The monoisotopic (exact) mass is 399 g/mol. The van der Waals surface area contributed by atoms with Gasteiger partial charge in [-0.25, -0.2) is 21.9 Å². The Kier molecular flexibility index (Phi) is 4.94. The topological polar surface area (TPSA) is 78.5 Å². The van der Waals surface area contributed by atoms with Crippen molar-refractivity contribution in [3.8, 4) is 0 Å². The fourth-order valence-corrected chi connectivity index (χ4v) is 5.88. The molecule has 1 aromatic rings. The van der Waals surface area contributed by atoms with Gasteiger partial charge in [0, 0.05) is 25.0 Å². The molecule has 2 bridgehead atoms. The van der Waals surface area contributed by atoms with Crippen LogP contribution < -0.4 is 10.0 Å². The van der Waals surface area contributed by atoms with Crippen molar-refractivity contribution >= 4 is 15.9 Å². The van der Waals surface area contributed by atoms with Gasteiger partial charge < -0.3 is 10.2 Å². The predicted octanol–water partition coefficient (Wildman–Crippen LogP) is 1.23. The molecule has 148 valence electrons. The molecule has 0 spiro atoms. The van der Waals surface area contributed by atoms with E-state index in [2.05, 4.69) is 10.0 Å². The average Bonchev–Trinajstić information content (AvgIpc) is 2.64. The number of nitrogens with one attached hydrogen (secondary N) is 2. The van der Waals surface area contributed by atoms with Crippen LogP contribution in [-0.2, 0) is 14.8 Å². The van der Waals surface area contributed by atoms with E-state index in [4.69, 9.17) is 0 Å². The van der Waals surface area contributed by atoms with Crippen molar-refractivity contribution in [2.45, 2.75) is 42.7 Å². The lowest BCUT2D eigenvalue weighted by Gasteiger charge is -2.54. The number of benzene rings is 1. The van der Waals surface area contributed by atoms with Crippen LogP contribution in [0.25, 0.3) is 0 Å². The molecule has 3 saturated heterocycles. The third kappa shape index (κ3) is 3.48. The van der Waals surface area contributed by atoms with Crippen molar-refractivity contribution in [2.24, 2.45) is 11.8 Å². The highest BCUT2D eigenvalue weighted by molar-refractivity contribution is 7.89. The summed E-state index contributed by atoms with van der Waals surface area (Å²) in [5.41, 5.74) is 0. The van der Waals surface area contributed by atoms with Crippen LogP contribution in [0, 0.1) is 23.5 Å². The number of halogens is 2. The molecule has 2 N–H and O–H groups in total. The van der Waals surface area contributed by atoms with E-state index in [0.29, 0.717) is 18.4 Å². The minimum Gasteiger partial charge on any atom is -0.335 e. The summed E-state index contributed by atoms with van der Waals surface area (Å²) in [6.45, 7) is 1.70. The summed E-state index contributed by atoms with van der Waals surface area (Å²) < 4.78 is 54.1. The number of rotatable bonds is 4. The lowest BCUT2D eigenvalue weighted by atomic mass is 9.72. The van der Waals surface area contributed by atoms with E-state index in [1.165, 1.54) is 0 Å². The maximum atomic E-state index is 13.4. The van der Waals surface area contributed by atoms with Crippen molar-refractivity contribution in [3.63, 3.8) is 0 Å². The summed E-state index contributed by atoms with van der Waals surface area (Å²) in [4.78, 5) is 14.2. The van der Waals surface area contributed by atoms with Gasteiger partial charge in [-0.05, 0) is 62.4 Å². The number of amides is 1. The molecular weight excluding hydrogens is 376 g/mol. The zero-order chi connectivity index (χ0) is 19.2. The molecule has 9 heteroatoms. The molecular formula is C18H23F2N3O3S. The summed E-state index contributed by atoms with van der Waals surface area (Å²) in [5, 5.41) is 3.40. The number of sulfonamides is 1. The second-order valence-electron chi connectivity index (χ2n) is 7.67. The van der Waals surface area contributed by atoms with Gasteiger partial charge in [-0.2, -0.15) is 0 Å². The van der Waals surface area contributed by atoms with E-state index in [-0.39, 0.29) is 35.3 Å². The van der Waals surface area contributed by atoms with Gasteiger partial charge in [0.15, 0.2) is 11.6 Å². The molecule has 1 aromatic carbocycles. The van der Waals surface area contributed by atoms with Crippen LogP contribution in [0.15, 0.2) is 23.1 Å². The third-order valence-corrected chi connectivity index (χ3v) is 7.51. The molecule has 1 amide bonds. The lowest BCUT2D eigenvalue weighted by molar-refractivity contribution is -0.148. The Morgan fingerprint density at radius 1 is 1.19 bits per heavy atom. The molecule has 0 aliphatic carbocycles. The van der Waals surface area contributed by atoms with Crippen LogP contribution in [0.3, 0.4) is 0 Å². The van der Waals surface area contributed by atoms with E-state index >= 15 is 0 Å². The number of fused-ring (bicyclic) bond motifs is 4. The van der Waals surface area contributed by atoms with Crippen molar-refractivity contribution in [3.05, 3.63) is 29.8 Å². The molecule has 6 nitrogen and oxygen atoms in total. The minimum atomic E-state index is -4.00. The Bertz CT molecular complexity index is 848. The minimum absolute atomic E-state index is 0.0721. The number of nitrogens with zero attached hydrogens (tertiary/aromatic N) is 1. The Labute approximate surface area is 157 Å². The predicted molar refractivity (Wildman–Crippen MR) is 94.3 cm³/mol. The highest BCUT2D eigenvalue weighted by Crippen LogP contribution is 2.39. The Morgan fingerprint density at radius 2 is 1.96 bits per heavy atom. The fourth-order valence-electron chi connectivity index (χ4n) is 4.82. The van der Waals surface area contributed by atoms with Crippen molar-refractivity contribution in [1.82, 2.24) is 14.9 Å². The third-order valence-electron chi connectivity index (χ3n) is 6.08. The summed E-state index contributed by atoms with van der Waals surface area (Å²) in [7, 11) is -4.00. The zero-order valence-electron chi connectivity index (χ0n) is 14.8. The van der Waals surface area contributed by atoms with Crippen molar-refractivity contribution in [2.75, 3.05) is 19.6 Å². The summed E-state index contributed by atoms with van der Waals surface area (Å²) in [6.07, 6.45) is 3.28. The molecule has 0 radical (unpaired) electrons. The molecule has 3 fully saturated rings. The highest BCUT2D eigenvalue weighted by Gasteiger charge is 2.47. The first-order valence-corrected chi connectivity index (χ1v) is 10.8. The van der Waals surface area contributed by atoms with Crippen LogP contribution in [0.1, 0.15) is 25.7 Å². The lowest BCUT2D eigenvalue weighted by Crippen LogP contribution is -2.66. The summed E-state index contributed by atoms with van der Waals surface area (Å²) in [6, 6.07) is 2.42. The number of hydrogen-bond acceptors (Lipinski definition) is 4. The SMILES string of the molecule is O=C1CCC[C@H]2[C@H]3CNC[C@H](C3)[C@H](CNS(=O)(=O)c3ccc(F)c(F)c3)N12. The standard InChI is InChI=1S/C18H23F2N3O3S/c19-14-5-4-13(7-15(14)20)27(25,26)22-10-17-12-6-11(8-21-9-12)16-2-1-3-18(24)23(16)17/h4-5,7,11-12,16-17,21-22H,1-3,6,8-10H2/t11-,12+,16+,17+/m1/s1. The Morgan fingerprint density at radius 3 is 2.74 bits per heavy atom. The van der Waals surface area contributed by atoms with Gasteiger partial charge in [0.1, 0.15) is 0 Å². The maximum absolute atomic E-state index is 13.4. The molecule has 4 atom stereocenters. The van der Waals surface area contributed by atoms with Crippen LogP contribution in [0.4, 0.5) is 8.78 Å². The quantitative estimate of drug-likeness (QED) is 0.798. The van der Waals surface area contributed by atoms with E-state index in [1.54, 1.807) is 0 Å². The van der Waals surface area contributed by atoms with Gasteiger partial charge in [-0.15, -0.1) is 0 Å². The molecule has 3 heterocycles. The molecule has 4 rings (SSSR count).